The molecule has 1 unspecified atom stereocenters. The number of hydrogen-bond acceptors (Lipinski definition) is 3. The Kier molecular flexibility index (Phi) is 3.30. The van der Waals surface area contributed by atoms with Gasteiger partial charge in [-0.15, -0.1) is 0 Å². The van der Waals surface area contributed by atoms with E-state index in [4.69, 9.17) is 5.53 Å². The number of likely N-dealkylation sites (tertiary alicyclic amines) is 1. The van der Waals surface area contributed by atoms with E-state index in [1.54, 1.807) is 0 Å². The molecule has 0 aromatic heterocycles. The molecule has 0 saturated carbocycles. The lowest BCUT2D eigenvalue weighted by atomic mass is 10.0. The lowest BCUT2D eigenvalue weighted by molar-refractivity contribution is -0.253. The van der Waals surface area contributed by atoms with E-state index in [1.165, 1.54) is 0 Å². The van der Waals surface area contributed by atoms with Gasteiger partial charge in [-0.05, 0) is 5.53 Å². The van der Waals surface area contributed by atoms with E-state index in [1.807, 2.05) is 0 Å². The summed E-state index contributed by atoms with van der Waals surface area (Å²) in [4.78, 5) is 14.4. The summed E-state index contributed by atoms with van der Waals surface area (Å²) in [7, 11) is 0. The molecule has 1 atom stereocenters. The molecule has 0 bridgehead atoms. The van der Waals surface area contributed by atoms with Crippen LogP contribution in [0.5, 0.6) is 0 Å². The SMILES string of the molecule is [N-]=[N+]=NCC(=O)N1CCC(O)(C(F)(F)F)C1. The predicted octanol–water partition coefficient (Wildman–Crippen LogP) is 0.822. The van der Waals surface area contributed by atoms with E-state index in [0.29, 0.717) is 0 Å². The van der Waals surface area contributed by atoms with Gasteiger partial charge >= 0.3 is 6.18 Å². The minimum Gasteiger partial charge on any atom is -0.379 e. The molecule has 0 spiro atoms. The van der Waals surface area contributed by atoms with Gasteiger partial charge in [0, 0.05) is 17.9 Å². The standard InChI is InChI=1S/C7H9F3N4O2/c8-7(9,10)6(16)1-2-14(4-6)5(15)3-12-13-11/h16H,1-4H2. The highest BCUT2D eigenvalue weighted by atomic mass is 19.4. The van der Waals surface area contributed by atoms with Crippen LogP contribution in [-0.4, -0.2) is 47.3 Å². The Morgan fingerprint density at radius 2 is 2.25 bits per heavy atom. The van der Waals surface area contributed by atoms with Crippen molar-refractivity contribution in [2.24, 2.45) is 5.11 Å². The third-order valence-corrected chi connectivity index (χ3v) is 2.40. The molecular formula is C7H9F3N4O2. The fraction of sp³-hybridized carbons (Fsp3) is 0.857. The highest BCUT2D eigenvalue weighted by Gasteiger charge is 2.57. The maximum absolute atomic E-state index is 12.4. The van der Waals surface area contributed by atoms with Crippen molar-refractivity contribution >= 4 is 5.91 Å². The van der Waals surface area contributed by atoms with Gasteiger partial charge in [-0.1, -0.05) is 5.11 Å². The first-order chi connectivity index (χ1) is 7.30. The Morgan fingerprint density at radius 1 is 1.62 bits per heavy atom. The fourth-order valence-corrected chi connectivity index (χ4v) is 1.43. The molecule has 16 heavy (non-hydrogen) atoms. The number of halogens is 3. The molecule has 0 aliphatic carbocycles. The number of β-amino-alcohol motifs (C(OH)–C–C–N with tert-alkyl or cyclic N) is 1. The summed E-state index contributed by atoms with van der Waals surface area (Å²) in [6.45, 7) is -1.55. The lowest BCUT2D eigenvalue weighted by Crippen LogP contribution is -2.48. The molecular weight excluding hydrogens is 229 g/mol. The molecule has 0 aromatic carbocycles. The summed E-state index contributed by atoms with van der Waals surface area (Å²) < 4.78 is 37.1. The van der Waals surface area contributed by atoms with Crippen molar-refractivity contribution in [1.82, 2.24) is 4.90 Å². The highest BCUT2D eigenvalue weighted by Crippen LogP contribution is 2.37. The molecule has 6 nitrogen and oxygen atoms in total. The lowest BCUT2D eigenvalue weighted by Gasteiger charge is -2.25. The van der Waals surface area contributed by atoms with Crippen LogP contribution in [0.4, 0.5) is 13.2 Å². The van der Waals surface area contributed by atoms with Crippen molar-refractivity contribution in [2.75, 3.05) is 19.6 Å². The number of alkyl halides is 3. The Balaban J connectivity index is 2.65. The second kappa shape index (κ2) is 4.18. The zero-order valence-corrected chi connectivity index (χ0v) is 8.11. The number of carbonyl (C=O) groups is 1. The number of aliphatic hydroxyl groups is 1. The van der Waals surface area contributed by atoms with Crippen LogP contribution in [0, 0.1) is 0 Å². The second-order valence-corrected chi connectivity index (χ2v) is 3.48. The average Bonchev–Trinajstić information content (AvgIpc) is 2.58. The number of hydrogen-bond donors (Lipinski definition) is 1. The van der Waals surface area contributed by atoms with Crippen molar-refractivity contribution in [2.45, 2.75) is 18.2 Å². The van der Waals surface area contributed by atoms with E-state index in [0.717, 1.165) is 4.90 Å². The Hall–Kier alpha value is -1.47. The Morgan fingerprint density at radius 3 is 2.69 bits per heavy atom. The van der Waals surface area contributed by atoms with Crippen molar-refractivity contribution < 1.29 is 23.1 Å². The molecule has 1 amide bonds. The van der Waals surface area contributed by atoms with Gasteiger partial charge in [0.2, 0.25) is 5.91 Å². The first-order valence-corrected chi connectivity index (χ1v) is 4.38. The topological polar surface area (TPSA) is 89.3 Å². The summed E-state index contributed by atoms with van der Waals surface area (Å²) >= 11 is 0. The molecule has 0 aromatic rings. The predicted molar refractivity (Wildman–Crippen MR) is 46.2 cm³/mol. The quantitative estimate of drug-likeness (QED) is 0.438. The molecule has 1 heterocycles. The van der Waals surface area contributed by atoms with Crippen molar-refractivity contribution in [3.8, 4) is 0 Å². The Labute approximate surface area is 88.3 Å². The molecule has 1 fully saturated rings. The number of rotatable bonds is 2. The maximum Gasteiger partial charge on any atom is 0.419 e. The molecule has 1 aliphatic rings. The van der Waals surface area contributed by atoms with Crippen LogP contribution in [0.15, 0.2) is 5.11 Å². The van der Waals surface area contributed by atoms with Gasteiger partial charge in [-0.3, -0.25) is 4.79 Å². The van der Waals surface area contributed by atoms with E-state index >= 15 is 0 Å². The molecule has 90 valence electrons. The third kappa shape index (κ3) is 2.37. The van der Waals surface area contributed by atoms with Crippen molar-refractivity contribution in [3.63, 3.8) is 0 Å². The van der Waals surface area contributed by atoms with E-state index in [9.17, 15) is 23.1 Å². The van der Waals surface area contributed by atoms with Gasteiger partial charge in [0.25, 0.3) is 0 Å². The molecule has 1 rings (SSSR count). The Bertz CT molecular complexity index is 339. The number of nitrogens with zero attached hydrogens (tertiary/aromatic N) is 4. The zero-order valence-electron chi connectivity index (χ0n) is 8.11. The van der Waals surface area contributed by atoms with E-state index < -0.39 is 37.2 Å². The van der Waals surface area contributed by atoms with Gasteiger partial charge < -0.3 is 10.0 Å². The maximum atomic E-state index is 12.4. The summed E-state index contributed by atoms with van der Waals surface area (Å²) in [6, 6.07) is 0. The normalized spacial score (nSPS) is 25.4. The minimum absolute atomic E-state index is 0.199. The van der Waals surface area contributed by atoms with Crippen LogP contribution in [0.25, 0.3) is 10.4 Å². The van der Waals surface area contributed by atoms with E-state index in [2.05, 4.69) is 10.0 Å². The molecule has 1 N–H and O–H groups in total. The van der Waals surface area contributed by atoms with Gasteiger partial charge in [0.15, 0.2) is 5.60 Å². The molecule has 1 saturated heterocycles. The van der Waals surface area contributed by atoms with Crippen molar-refractivity contribution in [3.05, 3.63) is 10.4 Å². The fourth-order valence-electron chi connectivity index (χ4n) is 1.43. The smallest absolute Gasteiger partial charge is 0.379 e. The van der Waals surface area contributed by atoms with E-state index in [-0.39, 0.29) is 6.54 Å². The van der Waals surface area contributed by atoms with Gasteiger partial charge in [-0.25, -0.2) is 0 Å². The summed E-state index contributed by atoms with van der Waals surface area (Å²) in [5.74, 6) is -0.724. The number of azide groups is 1. The van der Waals surface area contributed by atoms with Gasteiger partial charge in [-0.2, -0.15) is 13.2 Å². The monoisotopic (exact) mass is 238 g/mol. The number of amides is 1. The van der Waals surface area contributed by atoms with Crippen LogP contribution in [0.2, 0.25) is 0 Å². The first-order valence-electron chi connectivity index (χ1n) is 4.38. The molecule has 9 heteroatoms. The number of carbonyl (C=O) groups excluding carboxylic acids is 1. The summed E-state index contributed by atoms with van der Waals surface area (Å²) in [5.41, 5.74) is 5.10. The molecule has 1 aliphatic heterocycles. The average molecular weight is 238 g/mol. The largest absolute Gasteiger partial charge is 0.419 e. The van der Waals surface area contributed by atoms with Crippen LogP contribution >= 0.6 is 0 Å². The minimum atomic E-state index is -4.76. The van der Waals surface area contributed by atoms with Crippen molar-refractivity contribution in [1.29, 1.82) is 0 Å². The second-order valence-electron chi connectivity index (χ2n) is 3.48. The van der Waals surface area contributed by atoms with Gasteiger partial charge in [0.1, 0.15) is 6.54 Å². The van der Waals surface area contributed by atoms with Crippen LogP contribution in [0.3, 0.4) is 0 Å². The summed E-state index contributed by atoms with van der Waals surface area (Å²) in [6.07, 6.45) is -5.32. The highest BCUT2D eigenvalue weighted by molar-refractivity contribution is 5.78. The summed E-state index contributed by atoms with van der Waals surface area (Å²) in [5, 5.41) is 12.2. The molecule has 0 radical (unpaired) electrons. The third-order valence-electron chi connectivity index (χ3n) is 2.40. The van der Waals surface area contributed by atoms with Crippen LogP contribution in [-0.2, 0) is 4.79 Å². The first kappa shape index (κ1) is 12.6. The van der Waals surface area contributed by atoms with Gasteiger partial charge in [0.05, 0.1) is 6.54 Å². The zero-order chi connectivity index (χ0) is 12.4. The van der Waals surface area contributed by atoms with Crippen LogP contribution < -0.4 is 0 Å². The van der Waals surface area contributed by atoms with Crippen LogP contribution in [0.1, 0.15) is 6.42 Å².